The Hall–Kier alpha value is -1.77. The molecule has 0 radical (unpaired) electrons. The fourth-order valence-electron chi connectivity index (χ4n) is 9.46. The molecule has 1 aromatic carbocycles. The number of hydrogen-bond acceptors (Lipinski definition) is 2. The Balaban J connectivity index is 1.43. The minimum Gasteiger partial charge on any atom is -0.223 e. The van der Waals surface area contributed by atoms with Crippen LogP contribution in [0.4, 0.5) is 26.3 Å². The Kier molecular flexibility index (Phi) is 8.28. The first-order valence-corrected chi connectivity index (χ1v) is 16.9. The van der Waals surface area contributed by atoms with Crippen LogP contribution in [0.5, 0.6) is 0 Å². The summed E-state index contributed by atoms with van der Waals surface area (Å²) in [7, 11) is -4.45. The lowest BCUT2D eigenvalue weighted by atomic mass is 9.50. The van der Waals surface area contributed by atoms with Gasteiger partial charge in [-0.1, -0.05) is 68.7 Å². The van der Waals surface area contributed by atoms with Crippen molar-refractivity contribution in [1.82, 2.24) is 0 Å². The second kappa shape index (κ2) is 11.0. The predicted octanol–water partition coefficient (Wildman–Crippen LogP) is 9.88. The molecule has 0 aliphatic heterocycles. The van der Waals surface area contributed by atoms with E-state index in [1.807, 2.05) is 6.92 Å². The van der Waals surface area contributed by atoms with Gasteiger partial charge in [0.2, 0.25) is 0 Å². The molecule has 42 heavy (non-hydrogen) atoms. The SMILES string of the molecule is C[C@H](CC(CC(C(F)(F)F)C(F)(F)F)S(=O)(=O)c1ccccc1)[C@H]1CC[C@H]2C3=CC=C4CCCC[C@]4(C)[C@H]3CC[C@]12C. The Labute approximate surface area is 246 Å². The number of allylic oxidation sites excluding steroid dienone is 4. The second-order valence-corrected chi connectivity index (χ2v) is 16.1. The molecule has 234 valence electrons. The molecule has 0 aromatic heterocycles. The van der Waals surface area contributed by atoms with Crippen LogP contribution in [0.3, 0.4) is 0 Å². The minimum atomic E-state index is -5.59. The molecule has 7 atom stereocenters. The number of halogens is 6. The Morgan fingerprint density at radius 2 is 1.52 bits per heavy atom. The van der Waals surface area contributed by atoms with E-state index in [1.54, 1.807) is 6.07 Å². The van der Waals surface area contributed by atoms with Crippen molar-refractivity contribution in [3.8, 4) is 0 Å². The minimum absolute atomic E-state index is 0.0117. The predicted molar refractivity (Wildman–Crippen MR) is 151 cm³/mol. The molecule has 3 saturated carbocycles. The largest absolute Gasteiger partial charge is 0.400 e. The van der Waals surface area contributed by atoms with Crippen LogP contribution < -0.4 is 0 Å². The maximum atomic E-state index is 13.7. The van der Waals surface area contributed by atoms with Gasteiger partial charge < -0.3 is 0 Å². The summed E-state index contributed by atoms with van der Waals surface area (Å²) in [4.78, 5) is -0.239. The van der Waals surface area contributed by atoms with E-state index < -0.39 is 39.8 Å². The van der Waals surface area contributed by atoms with E-state index in [1.165, 1.54) is 54.7 Å². The zero-order valence-electron chi connectivity index (χ0n) is 24.6. The average molecular weight is 617 g/mol. The molecular weight excluding hydrogens is 574 g/mol. The summed E-state index contributed by atoms with van der Waals surface area (Å²) in [6, 6.07) is 6.93. The third kappa shape index (κ3) is 5.49. The summed E-state index contributed by atoms with van der Waals surface area (Å²) in [5.74, 6) is -3.29. The molecule has 1 aromatic rings. The van der Waals surface area contributed by atoms with Crippen LogP contribution in [0.2, 0.25) is 0 Å². The summed E-state index contributed by atoms with van der Waals surface area (Å²) in [5, 5.41) is -1.80. The topological polar surface area (TPSA) is 34.1 Å². The molecule has 3 fully saturated rings. The van der Waals surface area contributed by atoms with E-state index in [0.717, 1.165) is 32.1 Å². The molecule has 9 heteroatoms. The quantitative estimate of drug-likeness (QED) is 0.286. The summed E-state index contributed by atoms with van der Waals surface area (Å²) in [5.41, 5.74) is 2.97. The van der Waals surface area contributed by atoms with Gasteiger partial charge in [0.25, 0.3) is 0 Å². The maximum Gasteiger partial charge on any atom is 0.400 e. The zero-order valence-corrected chi connectivity index (χ0v) is 25.4. The van der Waals surface area contributed by atoms with Gasteiger partial charge in [-0.2, -0.15) is 26.3 Å². The highest BCUT2D eigenvalue weighted by atomic mass is 32.2. The molecule has 0 bridgehead atoms. The van der Waals surface area contributed by atoms with Crippen molar-refractivity contribution in [1.29, 1.82) is 0 Å². The van der Waals surface area contributed by atoms with Crippen LogP contribution in [0.25, 0.3) is 0 Å². The Morgan fingerprint density at radius 3 is 2.17 bits per heavy atom. The van der Waals surface area contributed by atoms with Crippen LogP contribution in [-0.4, -0.2) is 26.0 Å². The van der Waals surface area contributed by atoms with E-state index in [-0.39, 0.29) is 34.0 Å². The number of rotatable bonds is 7. The van der Waals surface area contributed by atoms with Crippen LogP contribution in [0.1, 0.15) is 85.0 Å². The monoisotopic (exact) mass is 616 g/mol. The first-order valence-electron chi connectivity index (χ1n) is 15.3. The van der Waals surface area contributed by atoms with Crippen LogP contribution >= 0.6 is 0 Å². The molecule has 0 amide bonds. The van der Waals surface area contributed by atoms with Crippen LogP contribution in [-0.2, 0) is 9.84 Å². The van der Waals surface area contributed by atoms with Crippen molar-refractivity contribution in [2.75, 3.05) is 0 Å². The molecule has 5 rings (SSSR count). The Morgan fingerprint density at radius 1 is 0.857 bits per heavy atom. The standard InChI is InChI=1S/C33H42F6O2S/c1-21(19-24(20-29(32(34,35)36)33(37,38)39)42(40,41)23-10-5-4-6-11-23)26-14-15-27-25-13-12-22-9-7-8-17-30(22,2)28(25)16-18-31(26,27)3/h4-6,10-13,21,24,26-29H,7-9,14-20H2,1-3H3/t21-,24?,26-,27+,28+,30+,31-/m1/s1. The van der Waals surface area contributed by atoms with Gasteiger partial charge in [0.05, 0.1) is 10.1 Å². The number of benzene rings is 1. The number of fused-ring (bicyclic) bond motifs is 5. The first-order chi connectivity index (χ1) is 19.5. The summed E-state index contributed by atoms with van der Waals surface area (Å²) in [6.07, 6.45) is 0.0406. The van der Waals surface area contributed by atoms with Crippen molar-refractivity contribution >= 4 is 9.84 Å². The van der Waals surface area contributed by atoms with Gasteiger partial charge >= 0.3 is 12.4 Å². The van der Waals surface area contributed by atoms with E-state index in [2.05, 4.69) is 26.0 Å². The van der Waals surface area contributed by atoms with Crippen LogP contribution in [0, 0.1) is 40.4 Å². The fourth-order valence-corrected chi connectivity index (χ4v) is 11.4. The van der Waals surface area contributed by atoms with Crippen molar-refractivity contribution in [3.05, 3.63) is 53.6 Å². The number of hydrogen-bond donors (Lipinski definition) is 0. The molecule has 1 unspecified atom stereocenters. The average Bonchev–Trinajstić information content (AvgIpc) is 3.27. The Bertz CT molecular complexity index is 1300. The van der Waals surface area contributed by atoms with Gasteiger partial charge in [-0.15, -0.1) is 0 Å². The summed E-state index contributed by atoms with van der Waals surface area (Å²) < 4.78 is 109. The smallest absolute Gasteiger partial charge is 0.223 e. The lowest BCUT2D eigenvalue weighted by molar-refractivity contribution is -0.285. The number of alkyl halides is 6. The lowest BCUT2D eigenvalue weighted by Crippen LogP contribution is -2.46. The van der Waals surface area contributed by atoms with Gasteiger partial charge in [0, 0.05) is 0 Å². The van der Waals surface area contributed by atoms with E-state index in [9.17, 15) is 34.8 Å². The van der Waals surface area contributed by atoms with Crippen LogP contribution in [0.15, 0.2) is 58.5 Å². The van der Waals surface area contributed by atoms with E-state index >= 15 is 0 Å². The third-order valence-electron chi connectivity index (χ3n) is 11.7. The van der Waals surface area contributed by atoms with Crippen molar-refractivity contribution in [2.45, 2.75) is 107 Å². The highest BCUT2D eigenvalue weighted by molar-refractivity contribution is 7.92. The molecule has 0 spiro atoms. The van der Waals surface area contributed by atoms with E-state index in [4.69, 9.17) is 0 Å². The van der Waals surface area contributed by atoms with Crippen molar-refractivity contribution < 1.29 is 34.8 Å². The lowest BCUT2D eigenvalue weighted by Gasteiger charge is -2.55. The van der Waals surface area contributed by atoms with Gasteiger partial charge in [0.1, 0.15) is 0 Å². The molecule has 4 aliphatic carbocycles. The van der Waals surface area contributed by atoms with Crippen molar-refractivity contribution in [2.24, 2.45) is 40.4 Å². The number of sulfone groups is 1. The fraction of sp³-hybridized carbons (Fsp3) is 0.697. The first kappa shape index (κ1) is 31.6. The summed E-state index contributed by atoms with van der Waals surface area (Å²) in [6.45, 7) is 6.45. The molecule has 0 saturated heterocycles. The molecule has 4 aliphatic rings. The maximum absolute atomic E-state index is 13.7. The molecule has 2 nitrogen and oxygen atoms in total. The third-order valence-corrected chi connectivity index (χ3v) is 13.9. The normalized spacial score (nSPS) is 33.2. The molecule has 0 heterocycles. The highest BCUT2D eigenvalue weighted by Crippen LogP contribution is 2.66. The van der Waals surface area contributed by atoms with Gasteiger partial charge in [0.15, 0.2) is 15.8 Å². The zero-order chi connectivity index (χ0) is 30.7. The van der Waals surface area contributed by atoms with Gasteiger partial charge in [-0.05, 0) is 104 Å². The van der Waals surface area contributed by atoms with Gasteiger partial charge in [-0.25, -0.2) is 8.42 Å². The molecular formula is C33H42F6O2S. The second-order valence-electron chi connectivity index (χ2n) is 13.9. The highest BCUT2D eigenvalue weighted by Gasteiger charge is 2.60. The van der Waals surface area contributed by atoms with E-state index in [0.29, 0.717) is 11.8 Å². The summed E-state index contributed by atoms with van der Waals surface area (Å²) >= 11 is 0. The molecule has 0 N–H and O–H groups in total. The van der Waals surface area contributed by atoms with Crippen molar-refractivity contribution in [3.63, 3.8) is 0 Å². The van der Waals surface area contributed by atoms with Gasteiger partial charge in [-0.3, -0.25) is 0 Å².